The second-order valence-corrected chi connectivity index (χ2v) is 6.70. The molecule has 1 aliphatic heterocycles. The average molecular weight is 370 g/mol. The summed E-state index contributed by atoms with van der Waals surface area (Å²) in [4.78, 5) is 27.3. The number of hydrogen-bond acceptors (Lipinski definition) is 4. The van der Waals surface area contributed by atoms with Gasteiger partial charge < -0.3 is 9.88 Å². The summed E-state index contributed by atoms with van der Waals surface area (Å²) in [6.07, 6.45) is 4.14. The zero-order valence-corrected chi connectivity index (χ0v) is 15.0. The molecule has 138 valence electrons. The zero-order valence-electron chi connectivity index (χ0n) is 15.0. The predicted octanol–water partition coefficient (Wildman–Crippen LogP) is 2.98. The maximum absolute atomic E-state index is 13.3. The molecule has 0 spiro atoms. The van der Waals surface area contributed by atoms with E-state index in [-0.39, 0.29) is 11.9 Å². The van der Waals surface area contributed by atoms with E-state index in [9.17, 15) is 4.79 Å². The number of aromatic nitrogens is 5. The molecule has 0 aliphatic carbocycles. The number of aromatic amines is 2. The van der Waals surface area contributed by atoms with Crippen molar-refractivity contribution >= 4 is 5.91 Å². The molecule has 2 N–H and O–H groups in total. The molecule has 3 aromatic heterocycles. The predicted molar refractivity (Wildman–Crippen MR) is 103 cm³/mol. The third-order valence-electron chi connectivity index (χ3n) is 5.03. The Hall–Kier alpha value is -3.74. The molecule has 7 nitrogen and oxygen atoms in total. The highest BCUT2D eigenvalue weighted by atomic mass is 16.2. The number of amides is 1. The van der Waals surface area contributed by atoms with Gasteiger partial charge in [-0.05, 0) is 18.2 Å². The number of carbonyl (C=O) groups is 1. The number of nitrogens with zero attached hydrogens (tertiary/aromatic N) is 4. The van der Waals surface area contributed by atoms with E-state index >= 15 is 0 Å². The molecule has 1 atom stereocenters. The van der Waals surface area contributed by atoms with Crippen molar-refractivity contribution in [2.24, 2.45) is 0 Å². The molecule has 0 bridgehead atoms. The van der Waals surface area contributed by atoms with Gasteiger partial charge in [-0.1, -0.05) is 36.4 Å². The molecule has 0 fully saturated rings. The second-order valence-electron chi connectivity index (χ2n) is 6.70. The van der Waals surface area contributed by atoms with Crippen molar-refractivity contribution < 1.29 is 4.79 Å². The van der Waals surface area contributed by atoms with Crippen LogP contribution in [-0.4, -0.2) is 42.5 Å². The van der Waals surface area contributed by atoms with E-state index < -0.39 is 0 Å². The van der Waals surface area contributed by atoms with Crippen LogP contribution < -0.4 is 0 Å². The number of benzene rings is 1. The summed E-state index contributed by atoms with van der Waals surface area (Å²) in [5.41, 5.74) is 4.86. The van der Waals surface area contributed by atoms with Gasteiger partial charge in [0.1, 0.15) is 11.7 Å². The maximum Gasteiger partial charge on any atom is 0.272 e. The number of hydrogen-bond donors (Lipinski definition) is 2. The van der Waals surface area contributed by atoms with Gasteiger partial charge in [0.15, 0.2) is 0 Å². The molecule has 0 unspecified atom stereocenters. The van der Waals surface area contributed by atoms with Gasteiger partial charge in [-0.3, -0.25) is 14.9 Å². The Morgan fingerprint density at radius 3 is 2.75 bits per heavy atom. The first-order valence-electron chi connectivity index (χ1n) is 9.16. The molecular formula is C21H18N6O. The van der Waals surface area contributed by atoms with Crippen molar-refractivity contribution in [1.29, 1.82) is 0 Å². The van der Waals surface area contributed by atoms with Gasteiger partial charge in [-0.25, -0.2) is 4.98 Å². The fraction of sp³-hybridized carbons (Fsp3) is 0.143. The lowest BCUT2D eigenvalue weighted by Crippen LogP contribution is -2.41. The summed E-state index contributed by atoms with van der Waals surface area (Å²) in [5, 5.41) is 7.23. The Balaban J connectivity index is 1.51. The summed E-state index contributed by atoms with van der Waals surface area (Å²) in [7, 11) is 0. The first-order chi connectivity index (χ1) is 13.8. The quantitative estimate of drug-likeness (QED) is 0.580. The van der Waals surface area contributed by atoms with Crippen LogP contribution in [0.25, 0.3) is 11.3 Å². The fourth-order valence-corrected chi connectivity index (χ4v) is 3.68. The molecule has 4 heterocycles. The van der Waals surface area contributed by atoms with Crippen LogP contribution in [0.3, 0.4) is 0 Å². The summed E-state index contributed by atoms with van der Waals surface area (Å²) in [6, 6.07) is 17.0. The summed E-state index contributed by atoms with van der Waals surface area (Å²) >= 11 is 0. The van der Waals surface area contributed by atoms with Crippen LogP contribution in [0.2, 0.25) is 0 Å². The average Bonchev–Trinajstić information content (AvgIpc) is 3.43. The van der Waals surface area contributed by atoms with Crippen molar-refractivity contribution in [3.63, 3.8) is 0 Å². The van der Waals surface area contributed by atoms with Crippen LogP contribution in [0.15, 0.2) is 67.1 Å². The molecule has 1 aliphatic rings. The van der Waals surface area contributed by atoms with Crippen molar-refractivity contribution in [2.45, 2.75) is 12.5 Å². The van der Waals surface area contributed by atoms with E-state index in [2.05, 4.69) is 25.1 Å². The van der Waals surface area contributed by atoms with Crippen LogP contribution in [0, 0.1) is 0 Å². The molecule has 0 saturated heterocycles. The minimum Gasteiger partial charge on any atom is -0.348 e. The molecule has 1 amide bonds. The van der Waals surface area contributed by atoms with Crippen molar-refractivity contribution in [1.82, 2.24) is 30.0 Å². The topological polar surface area (TPSA) is 90.6 Å². The first-order valence-corrected chi connectivity index (χ1v) is 9.16. The molecule has 7 heteroatoms. The number of pyridine rings is 1. The second kappa shape index (κ2) is 6.77. The first kappa shape index (κ1) is 16.4. The standard InChI is InChI=1S/C21H18N6O/c28-21(18-12-17(25-26-18)14-6-2-1-3-7-14)27-11-9-15-19(24-13-23-15)20(27)16-8-4-5-10-22-16/h1-8,10,12-13,20H,9,11H2,(H,23,24)(H,25,26)/t20-/m0/s1. The third kappa shape index (κ3) is 2.77. The van der Waals surface area contributed by atoms with E-state index in [1.165, 1.54) is 0 Å². The van der Waals surface area contributed by atoms with Crippen LogP contribution in [0.1, 0.15) is 33.6 Å². The monoisotopic (exact) mass is 370 g/mol. The summed E-state index contributed by atoms with van der Waals surface area (Å²) in [5.74, 6) is -0.112. The van der Waals surface area contributed by atoms with E-state index in [1.54, 1.807) is 18.6 Å². The Kier molecular flexibility index (Phi) is 3.97. The van der Waals surface area contributed by atoms with Crippen LogP contribution in [-0.2, 0) is 6.42 Å². The lowest BCUT2D eigenvalue weighted by Gasteiger charge is -2.34. The number of nitrogens with one attached hydrogen (secondary N) is 2. The summed E-state index contributed by atoms with van der Waals surface area (Å²) < 4.78 is 0. The summed E-state index contributed by atoms with van der Waals surface area (Å²) in [6.45, 7) is 0.578. The Morgan fingerprint density at radius 2 is 1.93 bits per heavy atom. The molecule has 5 rings (SSSR count). The third-order valence-corrected chi connectivity index (χ3v) is 5.03. The smallest absolute Gasteiger partial charge is 0.272 e. The fourth-order valence-electron chi connectivity index (χ4n) is 3.68. The minimum absolute atomic E-state index is 0.112. The van der Waals surface area contributed by atoms with Gasteiger partial charge in [-0.15, -0.1) is 0 Å². The van der Waals surface area contributed by atoms with Crippen LogP contribution in [0.5, 0.6) is 0 Å². The van der Waals surface area contributed by atoms with Crippen molar-refractivity contribution in [3.8, 4) is 11.3 Å². The zero-order chi connectivity index (χ0) is 18.9. The van der Waals surface area contributed by atoms with Gasteiger partial charge in [0.2, 0.25) is 0 Å². The van der Waals surface area contributed by atoms with Crippen LogP contribution in [0.4, 0.5) is 0 Å². The van der Waals surface area contributed by atoms with E-state index in [4.69, 9.17) is 0 Å². The Bertz CT molecular complexity index is 1100. The lowest BCUT2D eigenvalue weighted by atomic mass is 9.98. The van der Waals surface area contributed by atoms with Gasteiger partial charge >= 0.3 is 0 Å². The SMILES string of the molecule is O=C(c1cc(-c2ccccc2)n[nH]1)N1CCc2[nH]cnc2[C@@H]1c1ccccn1. The van der Waals surface area contributed by atoms with E-state index in [0.29, 0.717) is 12.2 Å². The number of fused-ring (bicyclic) bond motifs is 1. The molecule has 0 saturated carbocycles. The number of H-pyrrole nitrogens is 2. The normalized spacial score (nSPS) is 16.0. The molecule has 0 radical (unpaired) electrons. The lowest BCUT2D eigenvalue weighted by molar-refractivity contribution is 0.0681. The van der Waals surface area contributed by atoms with Gasteiger partial charge in [-0.2, -0.15) is 5.10 Å². The van der Waals surface area contributed by atoms with Crippen molar-refractivity contribution in [3.05, 3.63) is 89.9 Å². The number of imidazole rings is 1. The highest BCUT2D eigenvalue weighted by molar-refractivity contribution is 5.94. The van der Waals surface area contributed by atoms with E-state index in [0.717, 1.165) is 34.8 Å². The minimum atomic E-state index is -0.327. The largest absolute Gasteiger partial charge is 0.348 e. The molecule has 28 heavy (non-hydrogen) atoms. The highest BCUT2D eigenvalue weighted by Gasteiger charge is 2.35. The van der Waals surface area contributed by atoms with Crippen LogP contribution >= 0.6 is 0 Å². The molecule has 4 aromatic rings. The Morgan fingerprint density at radius 1 is 1.07 bits per heavy atom. The molecular weight excluding hydrogens is 352 g/mol. The highest BCUT2D eigenvalue weighted by Crippen LogP contribution is 2.33. The number of rotatable bonds is 3. The van der Waals surface area contributed by atoms with Gasteiger partial charge in [0, 0.05) is 30.4 Å². The van der Waals surface area contributed by atoms with Gasteiger partial charge in [0.25, 0.3) is 5.91 Å². The van der Waals surface area contributed by atoms with E-state index in [1.807, 2.05) is 53.4 Å². The maximum atomic E-state index is 13.3. The van der Waals surface area contributed by atoms with Gasteiger partial charge in [0.05, 0.1) is 23.4 Å². The Labute approximate surface area is 161 Å². The number of carbonyl (C=O) groups excluding carboxylic acids is 1. The molecule has 1 aromatic carbocycles. The van der Waals surface area contributed by atoms with Crippen molar-refractivity contribution in [2.75, 3.05) is 6.54 Å².